The maximum absolute atomic E-state index is 13.2. The zero-order valence-corrected chi connectivity index (χ0v) is 16.7. The van der Waals surface area contributed by atoms with Crippen molar-refractivity contribution in [3.8, 4) is 0 Å². The fourth-order valence-electron chi connectivity index (χ4n) is 4.66. The number of likely N-dealkylation sites (tertiary alicyclic amines) is 1. The van der Waals surface area contributed by atoms with Crippen molar-refractivity contribution in [1.82, 2.24) is 15.1 Å². The summed E-state index contributed by atoms with van der Waals surface area (Å²) in [5.41, 5.74) is 1.84. The van der Waals surface area contributed by atoms with Crippen LogP contribution in [0.2, 0.25) is 0 Å². The number of carbonyl (C=O) groups excluding carboxylic acids is 2. The summed E-state index contributed by atoms with van der Waals surface area (Å²) in [6.07, 6.45) is 3.03. The van der Waals surface area contributed by atoms with Crippen LogP contribution in [0.25, 0.3) is 10.1 Å². The molecule has 0 radical (unpaired) electrons. The molecule has 5 rings (SSSR count). The van der Waals surface area contributed by atoms with Crippen molar-refractivity contribution in [2.45, 2.75) is 25.3 Å². The lowest BCUT2D eigenvalue weighted by Crippen LogP contribution is -2.52. The largest absolute Gasteiger partial charge is 0.379 e. The fraction of sp³-hybridized carbons (Fsp3) is 0.524. The number of thiophene rings is 1. The van der Waals surface area contributed by atoms with Gasteiger partial charge in [0.1, 0.15) is 0 Å². The van der Waals surface area contributed by atoms with Gasteiger partial charge in [-0.3, -0.25) is 14.5 Å². The van der Waals surface area contributed by atoms with Crippen molar-refractivity contribution in [1.29, 1.82) is 0 Å². The average Bonchev–Trinajstić information content (AvgIpc) is 3.13. The van der Waals surface area contributed by atoms with Crippen molar-refractivity contribution in [3.05, 3.63) is 34.2 Å². The number of hydrogen-bond donors (Lipinski definition) is 1. The molecule has 7 heteroatoms. The van der Waals surface area contributed by atoms with E-state index < -0.39 is 0 Å². The standard InChI is InChI=1S/C21H25N3O3S/c25-20-19-16(5-6-22-20)17-12-14(3-4-18(17)28-19)21(26)24-7-1-2-15(13-24)23-8-10-27-11-9-23/h3-4,12,15H,1-2,5-11,13H2,(H,22,25). The van der Waals surface area contributed by atoms with Gasteiger partial charge in [-0.25, -0.2) is 0 Å². The van der Waals surface area contributed by atoms with Crippen LogP contribution in [0.4, 0.5) is 0 Å². The molecule has 6 nitrogen and oxygen atoms in total. The van der Waals surface area contributed by atoms with E-state index in [1.807, 2.05) is 23.1 Å². The molecule has 0 saturated carbocycles. The van der Waals surface area contributed by atoms with Crippen LogP contribution in [-0.4, -0.2) is 73.6 Å². The highest BCUT2D eigenvalue weighted by Crippen LogP contribution is 2.34. The van der Waals surface area contributed by atoms with Gasteiger partial charge in [-0.1, -0.05) is 0 Å². The number of hydrogen-bond acceptors (Lipinski definition) is 5. The molecule has 1 unspecified atom stereocenters. The second-order valence-electron chi connectivity index (χ2n) is 7.82. The summed E-state index contributed by atoms with van der Waals surface area (Å²) in [5, 5.41) is 3.98. The van der Waals surface area contributed by atoms with Gasteiger partial charge in [0.2, 0.25) is 0 Å². The summed E-state index contributed by atoms with van der Waals surface area (Å²) in [6, 6.07) is 6.36. The number of piperidine rings is 1. The summed E-state index contributed by atoms with van der Waals surface area (Å²) >= 11 is 1.53. The van der Waals surface area contributed by atoms with E-state index in [1.165, 1.54) is 11.3 Å². The van der Waals surface area contributed by atoms with Gasteiger partial charge in [-0.05, 0) is 48.4 Å². The first-order valence-corrected chi connectivity index (χ1v) is 11.0. The third-order valence-electron chi connectivity index (χ3n) is 6.15. The Morgan fingerprint density at radius 2 is 2.07 bits per heavy atom. The van der Waals surface area contributed by atoms with Gasteiger partial charge in [0.25, 0.3) is 11.8 Å². The molecule has 2 fully saturated rings. The SMILES string of the molecule is O=C1NCCc2c1sc1ccc(C(=O)N3CCCC(N4CCOCC4)C3)cc21. The van der Waals surface area contributed by atoms with E-state index in [9.17, 15) is 9.59 Å². The first-order valence-electron chi connectivity index (χ1n) is 10.2. The third kappa shape index (κ3) is 3.21. The quantitative estimate of drug-likeness (QED) is 0.840. The second-order valence-corrected chi connectivity index (χ2v) is 8.87. The van der Waals surface area contributed by atoms with Crippen molar-refractivity contribution in [3.63, 3.8) is 0 Å². The minimum Gasteiger partial charge on any atom is -0.379 e. The Labute approximate surface area is 168 Å². The second kappa shape index (κ2) is 7.46. The van der Waals surface area contributed by atoms with E-state index in [2.05, 4.69) is 10.2 Å². The molecule has 4 heterocycles. The maximum atomic E-state index is 13.2. The Balaban J connectivity index is 1.38. The molecular formula is C21H25N3O3S. The highest BCUT2D eigenvalue weighted by atomic mass is 32.1. The van der Waals surface area contributed by atoms with Gasteiger partial charge in [-0.2, -0.15) is 0 Å². The van der Waals surface area contributed by atoms with Crippen LogP contribution in [0.15, 0.2) is 18.2 Å². The molecule has 0 bridgehead atoms. The smallest absolute Gasteiger partial charge is 0.261 e. The van der Waals surface area contributed by atoms with Crippen LogP contribution in [0.5, 0.6) is 0 Å². The number of benzene rings is 1. The Kier molecular flexibility index (Phi) is 4.82. The molecule has 2 saturated heterocycles. The molecule has 2 amide bonds. The van der Waals surface area contributed by atoms with Gasteiger partial charge < -0.3 is 15.0 Å². The lowest BCUT2D eigenvalue weighted by Gasteiger charge is -2.40. The van der Waals surface area contributed by atoms with Crippen LogP contribution in [-0.2, 0) is 11.2 Å². The third-order valence-corrected chi connectivity index (χ3v) is 7.36. The van der Waals surface area contributed by atoms with Gasteiger partial charge in [0, 0.05) is 49.0 Å². The van der Waals surface area contributed by atoms with E-state index in [-0.39, 0.29) is 11.8 Å². The number of carbonyl (C=O) groups is 2. The summed E-state index contributed by atoms with van der Waals surface area (Å²) in [6.45, 7) is 5.78. The summed E-state index contributed by atoms with van der Waals surface area (Å²) in [7, 11) is 0. The van der Waals surface area contributed by atoms with Gasteiger partial charge >= 0.3 is 0 Å². The normalized spacial score (nSPS) is 23.5. The lowest BCUT2D eigenvalue weighted by atomic mass is 10.0. The van der Waals surface area contributed by atoms with E-state index in [1.54, 1.807) is 0 Å². The van der Waals surface area contributed by atoms with E-state index in [0.29, 0.717) is 12.6 Å². The molecule has 0 spiro atoms. The highest BCUT2D eigenvalue weighted by Gasteiger charge is 2.30. The molecule has 2 aromatic rings. The van der Waals surface area contributed by atoms with Crippen molar-refractivity contribution >= 4 is 33.2 Å². The number of fused-ring (bicyclic) bond motifs is 3. The topological polar surface area (TPSA) is 61.9 Å². The van der Waals surface area contributed by atoms with Crippen LogP contribution in [0, 0.1) is 0 Å². The number of rotatable bonds is 2. The van der Waals surface area contributed by atoms with Crippen molar-refractivity contribution in [2.75, 3.05) is 45.9 Å². The fourth-order valence-corrected chi connectivity index (χ4v) is 5.81. The maximum Gasteiger partial charge on any atom is 0.261 e. The molecule has 3 aliphatic heterocycles. The van der Waals surface area contributed by atoms with Gasteiger partial charge in [0.05, 0.1) is 18.1 Å². The molecule has 1 N–H and O–H groups in total. The van der Waals surface area contributed by atoms with Gasteiger partial charge in [-0.15, -0.1) is 11.3 Å². The molecule has 1 atom stereocenters. The molecular weight excluding hydrogens is 374 g/mol. The minimum absolute atomic E-state index is 0.0136. The zero-order chi connectivity index (χ0) is 19.1. The van der Waals surface area contributed by atoms with Crippen LogP contribution >= 0.6 is 11.3 Å². The Hall–Kier alpha value is -1.96. The minimum atomic E-state index is 0.0136. The molecule has 3 aliphatic rings. The van der Waals surface area contributed by atoms with Crippen molar-refractivity contribution < 1.29 is 14.3 Å². The lowest BCUT2D eigenvalue weighted by molar-refractivity contribution is -0.00120. The van der Waals surface area contributed by atoms with E-state index in [4.69, 9.17) is 4.74 Å². The monoisotopic (exact) mass is 399 g/mol. The predicted molar refractivity (Wildman–Crippen MR) is 109 cm³/mol. The number of ether oxygens (including phenoxy) is 1. The van der Waals surface area contributed by atoms with Crippen LogP contribution in [0.1, 0.15) is 38.4 Å². The van der Waals surface area contributed by atoms with E-state index in [0.717, 1.165) is 84.7 Å². The first kappa shape index (κ1) is 18.1. The molecule has 1 aromatic carbocycles. The molecule has 0 aliphatic carbocycles. The number of nitrogens with one attached hydrogen (secondary N) is 1. The Morgan fingerprint density at radius 1 is 1.21 bits per heavy atom. The zero-order valence-electron chi connectivity index (χ0n) is 15.9. The van der Waals surface area contributed by atoms with E-state index >= 15 is 0 Å². The summed E-state index contributed by atoms with van der Waals surface area (Å²) in [4.78, 5) is 30.6. The van der Waals surface area contributed by atoms with Gasteiger partial charge in [0.15, 0.2) is 0 Å². The molecule has 148 valence electrons. The predicted octanol–water partition coefficient (Wildman–Crippen LogP) is 2.12. The summed E-state index contributed by atoms with van der Waals surface area (Å²) < 4.78 is 6.56. The molecule has 28 heavy (non-hydrogen) atoms. The molecule has 1 aromatic heterocycles. The van der Waals surface area contributed by atoms with Crippen LogP contribution in [0.3, 0.4) is 0 Å². The van der Waals surface area contributed by atoms with Crippen LogP contribution < -0.4 is 5.32 Å². The Bertz CT molecular complexity index is 919. The summed E-state index contributed by atoms with van der Waals surface area (Å²) in [5.74, 6) is 0.125. The Morgan fingerprint density at radius 3 is 2.93 bits per heavy atom. The number of nitrogens with zero attached hydrogens (tertiary/aromatic N) is 2. The number of morpholine rings is 1. The number of amides is 2. The highest BCUT2D eigenvalue weighted by molar-refractivity contribution is 7.21. The first-order chi connectivity index (χ1) is 13.7. The average molecular weight is 400 g/mol. The van der Waals surface area contributed by atoms with Crippen molar-refractivity contribution in [2.24, 2.45) is 0 Å².